The van der Waals surface area contributed by atoms with E-state index in [1.54, 1.807) is 37.6 Å². The van der Waals surface area contributed by atoms with E-state index in [-0.39, 0.29) is 11.2 Å². The number of ketones is 1. The van der Waals surface area contributed by atoms with E-state index in [2.05, 4.69) is 20.8 Å². The highest BCUT2D eigenvalue weighted by atomic mass is 31.2. The fraction of sp³-hybridized carbons (Fsp3) is 0.316. The van der Waals surface area contributed by atoms with Crippen molar-refractivity contribution in [3.8, 4) is 0 Å². The van der Waals surface area contributed by atoms with E-state index in [0.29, 0.717) is 11.1 Å². The van der Waals surface area contributed by atoms with Gasteiger partial charge in [0.05, 0.1) is 0 Å². The molecule has 0 unspecified atom stereocenters. The maximum absolute atomic E-state index is 12.5. The Hall–Kier alpha value is -1.66. The Kier molecular flexibility index (Phi) is 4.44. The highest BCUT2D eigenvalue weighted by molar-refractivity contribution is 7.70. The van der Waals surface area contributed by atoms with Gasteiger partial charge in [0.2, 0.25) is 0 Å². The van der Waals surface area contributed by atoms with E-state index in [0.717, 1.165) is 5.30 Å². The molecule has 116 valence electrons. The van der Waals surface area contributed by atoms with Crippen molar-refractivity contribution in [3.63, 3.8) is 0 Å². The number of hydrogen-bond acceptors (Lipinski definition) is 2. The zero-order valence-corrected chi connectivity index (χ0v) is 14.8. The lowest BCUT2D eigenvalue weighted by Gasteiger charge is -2.19. The van der Waals surface area contributed by atoms with E-state index in [1.165, 1.54) is 5.56 Å². The van der Waals surface area contributed by atoms with Crippen LogP contribution in [0.2, 0.25) is 0 Å². The van der Waals surface area contributed by atoms with Crippen molar-refractivity contribution >= 4 is 18.2 Å². The normalized spacial score (nSPS) is 12.2. The van der Waals surface area contributed by atoms with Crippen molar-refractivity contribution in [2.75, 3.05) is 13.3 Å². The van der Waals surface area contributed by atoms with Crippen LogP contribution in [0.15, 0.2) is 48.5 Å². The van der Waals surface area contributed by atoms with Gasteiger partial charge in [-0.1, -0.05) is 69.3 Å². The van der Waals surface area contributed by atoms with Crippen molar-refractivity contribution < 1.29 is 9.36 Å². The predicted octanol–water partition coefficient (Wildman–Crippen LogP) is 4.46. The van der Waals surface area contributed by atoms with Gasteiger partial charge < -0.3 is 4.57 Å². The number of rotatable bonds is 3. The molecule has 0 atom stereocenters. The van der Waals surface area contributed by atoms with Crippen LogP contribution in [-0.2, 0) is 9.98 Å². The largest absolute Gasteiger partial charge is 0.319 e. The minimum atomic E-state index is -2.28. The minimum Gasteiger partial charge on any atom is -0.319 e. The summed E-state index contributed by atoms with van der Waals surface area (Å²) in [5.41, 5.74) is 2.59. The summed E-state index contributed by atoms with van der Waals surface area (Å²) < 4.78 is 12.0. The van der Waals surface area contributed by atoms with Crippen LogP contribution in [0.4, 0.5) is 0 Å². The molecule has 0 saturated heterocycles. The van der Waals surface area contributed by atoms with Crippen molar-refractivity contribution in [2.24, 2.45) is 0 Å². The second-order valence-electron chi connectivity index (χ2n) is 7.05. The third kappa shape index (κ3) is 3.75. The average molecular weight is 314 g/mol. The number of benzene rings is 2. The van der Waals surface area contributed by atoms with Crippen LogP contribution in [0.3, 0.4) is 0 Å². The fourth-order valence-corrected chi connectivity index (χ4v) is 3.13. The SMILES string of the molecule is CC(C)(C)c1ccc(C(=O)c2ccc(P(C)(C)=O)cc2)cc1. The van der Waals surface area contributed by atoms with Crippen molar-refractivity contribution in [3.05, 3.63) is 65.2 Å². The Morgan fingerprint density at radius 2 is 1.23 bits per heavy atom. The summed E-state index contributed by atoms with van der Waals surface area (Å²) in [6.07, 6.45) is 0. The molecule has 0 bridgehead atoms. The van der Waals surface area contributed by atoms with E-state index in [1.807, 2.05) is 24.3 Å². The van der Waals surface area contributed by atoms with Gasteiger partial charge in [-0.15, -0.1) is 0 Å². The Labute approximate surface area is 132 Å². The molecule has 0 aliphatic carbocycles. The lowest BCUT2D eigenvalue weighted by molar-refractivity contribution is 0.103. The van der Waals surface area contributed by atoms with Gasteiger partial charge in [-0.25, -0.2) is 0 Å². The van der Waals surface area contributed by atoms with Crippen molar-refractivity contribution in [1.82, 2.24) is 0 Å². The molecule has 2 aromatic rings. The summed E-state index contributed by atoms with van der Waals surface area (Å²) in [6, 6.07) is 14.9. The standard InChI is InChI=1S/C19H23O2P/c1-19(2,3)16-10-6-14(7-11-16)18(20)15-8-12-17(13-9-15)22(4,5)21/h6-13H,1-5H3. The van der Waals surface area contributed by atoms with Crippen LogP contribution in [0, 0.1) is 0 Å². The third-order valence-corrected chi connectivity index (χ3v) is 5.31. The van der Waals surface area contributed by atoms with Gasteiger partial charge in [0.25, 0.3) is 0 Å². The van der Waals surface area contributed by atoms with Crippen molar-refractivity contribution in [1.29, 1.82) is 0 Å². The molecule has 0 spiro atoms. The summed E-state index contributed by atoms with van der Waals surface area (Å²) in [5, 5.41) is 0.798. The molecule has 0 radical (unpaired) electrons. The third-order valence-electron chi connectivity index (χ3n) is 3.76. The average Bonchev–Trinajstić information content (AvgIpc) is 2.45. The summed E-state index contributed by atoms with van der Waals surface area (Å²) in [7, 11) is -2.28. The maximum Gasteiger partial charge on any atom is 0.193 e. The van der Waals surface area contributed by atoms with E-state index < -0.39 is 7.14 Å². The first-order valence-electron chi connectivity index (χ1n) is 7.40. The molecule has 0 aliphatic rings. The summed E-state index contributed by atoms with van der Waals surface area (Å²) in [4.78, 5) is 12.5. The monoisotopic (exact) mass is 314 g/mol. The molecule has 0 amide bonds. The highest BCUT2D eigenvalue weighted by Crippen LogP contribution is 2.34. The minimum absolute atomic E-state index is 0.00551. The maximum atomic E-state index is 12.5. The lowest BCUT2D eigenvalue weighted by Crippen LogP contribution is -2.11. The molecule has 0 fully saturated rings. The number of carbonyl (C=O) groups excluding carboxylic acids is 1. The second kappa shape index (κ2) is 5.85. The first-order chi connectivity index (χ1) is 10.1. The summed E-state index contributed by atoms with van der Waals surface area (Å²) in [6.45, 7) is 9.91. The Morgan fingerprint density at radius 3 is 1.59 bits per heavy atom. The first kappa shape index (κ1) is 16.7. The Balaban J connectivity index is 2.27. The number of hydrogen-bond donors (Lipinski definition) is 0. The van der Waals surface area contributed by atoms with Gasteiger partial charge in [0.15, 0.2) is 5.78 Å². The van der Waals surface area contributed by atoms with Gasteiger partial charge in [-0.05, 0) is 24.3 Å². The predicted molar refractivity (Wildman–Crippen MR) is 94.1 cm³/mol. The zero-order chi connectivity index (χ0) is 16.5. The highest BCUT2D eigenvalue weighted by Gasteiger charge is 2.16. The fourth-order valence-electron chi connectivity index (χ4n) is 2.26. The van der Waals surface area contributed by atoms with E-state index in [9.17, 15) is 9.36 Å². The Bertz CT molecular complexity index is 714. The second-order valence-corrected chi connectivity index (χ2v) is 10.3. The molecular weight excluding hydrogens is 291 g/mol. The quantitative estimate of drug-likeness (QED) is 0.619. The van der Waals surface area contributed by atoms with Crippen LogP contribution >= 0.6 is 7.14 Å². The number of carbonyl (C=O) groups is 1. The molecule has 0 aliphatic heterocycles. The molecule has 0 N–H and O–H groups in total. The first-order valence-corrected chi connectivity index (χ1v) is 10.00. The van der Waals surface area contributed by atoms with Gasteiger partial charge in [-0.2, -0.15) is 0 Å². The molecule has 2 rings (SSSR count). The van der Waals surface area contributed by atoms with Gasteiger partial charge in [-0.3, -0.25) is 4.79 Å². The van der Waals surface area contributed by atoms with E-state index in [4.69, 9.17) is 0 Å². The summed E-state index contributed by atoms with van der Waals surface area (Å²) >= 11 is 0. The molecule has 2 nitrogen and oxygen atoms in total. The Morgan fingerprint density at radius 1 is 0.818 bits per heavy atom. The molecule has 0 aromatic heterocycles. The van der Waals surface area contributed by atoms with Crippen molar-refractivity contribution in [2.45, 2.75) is 26.2 Å². The van der Waals surface area contributed by atoms with Gasteiger partial charge >= 0.3 is 0 Å². The smallest absolute Gasteiger partial charge is 0.193 e. The van der Waals surface area contributed by atoms with Crippen LogP contribution in [0.5, 0.6) is 0 Å². The molecule has 22 heavy (non-hydrogen) atoms. The molecule has 3 heteroatoms. The molecule has 2 aromatic carbocycles. The molecule has 0 saturated carbocycles. The topological polar surface area (TPSA) is 34.1 Å². The van der Waals surface area contributed by atoms with E-state index >= 15 is 0 Å². The summed E-state index contributed by atoms with van der Waals surface area (Å²) in [5.74, 6) is -0.00551. The lowest BCUT2D eigenvalue weighted by atomic mass is 9.86. The van der Waals surface area contributed by atoms with Crippen LogP contribution in [0.1, 0.15) is 42.3 Å². The van der Waals surface area contributed by atoms with Crippen LogP contribution < -0.4 is 5.30 Å². The van der Waals surface area contributed by atoms with Gasteiger partial charge in [0.1, 0.15) is 7.14 Å². The van der Waals surface area contributed by atoms with Gasteiger partial charge in [0, 0.05) is 16.4 Å². The molecule has 0 heterocycles. The molecular formula is C19H23O2P. The van der Waals surface area contributed by atoms with Crippen LogP contribution in [-0.4, -0.2) is 19.1 Å². The van der Waals surface area contributed by atoms with Crippen LogP contribution in [0.25, 0.3) is 0 Å². The zero-order valence-electron chi connectivity index (χ0n) is 13.9.